The fourth-order valence-corrected chi connectivity index (χ4v) is 6.84. The molecule has 0 saturated carbocycles. The molecule has 7 nitrogen and oxygen atoms in total. The van der Waals surface area contributed by atoms with Gasteiger partial charge in [0, 0.05) is 19.6 Å². The predicted octanol–water partition coefficient (Wildman–Crippen LogP) is -0.668. The molecule has 0 aliphatic carbocycles. The Bertz CT molecular complexity index is 571. The summed E-state index contributed by atoms with van der Waals surface area (Å²) in [5, 5.41) is -0.617. The average molecular weight is 340 g/mol. The highest BCUT2D eigenvalue weighted by atomic mass is 32.2. The molecule has 0 amide bonds. The van der Waals surface area contributed by atoms with Gasteiger partial charge in [0.15, 0.2) is 0 Å². The van der Waals surface area contributed by atoms with E-state index >= 15 is 0 Å². The number of nitrogens with two attached hydrogens (primary N) is 1. The molecular weight excluding hydrogens is 316 g/mol. The first-order chi connectivity index (χ1) is 9.56. The van der Waals surface area contributed by atoms with Crippen LogP contribution in [-0.2, 0) is 24.6 Å². The number of hydrogen-bond donors (Lipinski definition) is 1. The van der Waals surface area contributed by atoms with Crippen LogP contribution in [0.5, 0.6) is 0 Å². The topological polar surface area (TPSA) is 107 Å². The SMILES string of the molecule is CC1(C)CN(S(=O)(=O)C2CCS(=O)(=O)CC2)CC(CN)O1. The highest BCUT2D eigenvalue weighted by Gasteiger charge is 2.43. The smallest absolute Gasteiger partial charge is 0.217 e. The lowest BCUT2D eigenvalue weighted by atomic mass is 10.1. The van der Waals surface area contributed by atoms with E-state index in [-0.39, 0.29) is 50.1 Å². The zero-order valence-corrected chi connectivity index (χ0v) is 14.1. The van der Waals surface area contributed by atoms with Gasteiger partial charge in [-0.2, -0.15) is 4.31 Å². The molecular formula is C12H24N2O5S2. The van der Waals surface area contributed by atoms with Crippen molar-refractivity contribution in [2.75, 3.05) is 31.1 Å². The molecule has 0 spiro atoms. The van der Waals surface area contributed by atoms with E-state index in [1.165, 1.54) is 4.31 Å². The second-order valence-corrected chi connectivity index (χ2v) is 10.9. The zero-order valence-electron chi connectivity index (χ0n) is 12.5. The van der Waals surface area contributed by atoms with Crippen LogP contribution >= 0.6 is 0 Å². The van der Waals surface area contributed by atoms with Gasteiger partial charge in [-0.25, -0.2) is 16.8 Å². The van der Waals surface area contributed by atoms with Crippen LogP contribution in [0.3, 0.4) is 0 Å². The monoisotopic (exact) mass is 340 g/mol. The van der Waals surface area contributed by atoms with Crippen molar-refractivity contribution in [3.63, 3.8) is 0 Å². The molecule has 1 atom stereocenters. The summed E-state index contributed by atoms with van der Waals surface area (Å²) in [5.74, 6) is -0.101. The standard InChI is InChI=1S/C12H24N2O5S2/c1-12(2)9-14(8-10(7-13)19-12)21(17,18)11-3-5-20(15,16)6-4-11/h10-11H,3-9,13H2,1-2H3. The first-order valence-corrected chi connectivity index (χ1v) is 10.5. The first-order valence-electron chi connectivity index (χ1n) is 7.13. The molecule has 2 rings (SSSR count). The average Bonchev–Trinajstić information content (AvgIpc) is 2.36. The van der Waals surface area contributed by atoms with Crippen molar-refractivity contribution in [1.82, 2.24) is 4.31 Å². The summed E-state index contributed by atoms with van der Waals surface area (Å²) < 4.78 is 55.6. The zero-order chi connectivity index (χ0) is 15.9. The Morgan fingerprint density at radius 1 is 1.29 bits per heavy atom. The lowest BCUT2D eigenvalue weighted by Crippen LogP contribution is -2.58. The third-order valence-electron chi connectivity index (χ3n) is 4.00. The van der Waals surface area contributed by atoms with Crippen LogP contribution in [0.25, 0.3) is 0 Å². The van der Waals surface area contributed by atoms with E-state index in [0.29, 0.717) is 0 Å². The molecule has 2 N–H and O–H groups in total. The molecule has 21 heavy (non-hydrogen) atoms. The van der Waals surface area contributed by atoms with Crippen molar-refractivity contribution < 1.29 is 21.6 Å². The van der Waals surface area contributed by atoms with E-state index in [0.717, 1.165) is 0 Å². The minimum absolute atomic E-state index is 0.0506. The molecule has 0 aromatic rings. The molecule has 124 valence electrons. The summed E-state index contributed by atoms with van der Waals surface area (Å²) in [5.41, 5.74) is 5.03. The van der Waals surface area contributed by atoms with E-state index in [2.05, 4.69) is 0 Å². The van der Waals surface area contributed by atoms with Gasteiger partial charge in [-0.05, 0) is 26.7 Å². The molecule has 2 heterocycles. The van der Waals surface area contributed by atoms with Gasteiger partial charge < -0.3 is 10.5 Å². The molecule has 0 aromatic carbocycles. The van der Waals surface area contributed by atoms with Gasteiger partial charge in [0.1, 0.15) is 9.84 Å². The van der Waals surface area contributed by atoms with Crippen molar-refractivity contribution in [2.45, 2.75) is 43.6 Å². The third-order valence-corrected chi connectivity index (χ3v) is 8.02. The van der Waals surface area contributed by atoms with Crippen molar-refractivity contribution >= 4 is 19.9 Å². The lowest BCUT2D eigenvalue weighted by molar-refractivity contribution is -0.113. The second kappa shape index (κ2) is 5.77. The summed E-state index contributed by atoms with van der Waals surface area (Å²) in [6, 6.07) is 0. The number of hydrogen-bond acceptors (Lipinski definition) is 6. The van der Waals surface area contributed by atoms with Crippen LogP contribution in [0, 0.1) is 0 Å². The van der Waals surface area contributed by atoms with Crippen LogP contribution in [0.2, 0.25) is 0 Å². The van der Waals surface area contributed by atoms with Crippen molar-refractivity contribution in [3.8, 4) is 0 Å². The molecule has 0 aromatic heterocycles. The molecule has 2 aliphatic rings. The Morgan fingerprint density at radius 3 is 2.38 bits per heavy atom. The molecule has 1 unspecified atom stereocenters. The van der Waals surface area contributed by atoms with Crippen LogP contribution in [-0.4, -0.2) is 69.2 Å². The summed E-state index contributed by atoms with van der Waals surface area (Å²) in [6.07, 6.45) is 0.0294. The van der Waals surface area contributed by atoms with Crippen molar-refractivity contribution in [1.29, 1.82) is 0 Å². The fourth-order valence-electron chi connectivity index (χ4n) is 2.94. The van der Waals surface area contributed by atoms with Gasteiger partial charge in [-0.3, -0.25) is 0 Å². The molecule has 0 radical (unpaired) electrons. The van der Waals surface area contributed by atoms with Crippen LogP contribution in [0.15, 0.2) is 0 Å². The lowest BCUT2D eigenvalue weighted by Gasteiger charge is -2.43. The molecule has 2 saturated heterocycles. The van der Waals surface area contributed by atoms with Gasteiger partial charge in [0.2, 0.25) is 10.0 Å². The van der Waals surface area contributed by atoms with E-state index in [1.807, 2.05) is 13.8 Å². The number of nitrogens with zero attached hydrogens (tertiary/aromatic N) is 1. The van der Waals surface area contributed by atoms with E-state index in [1.54, 1.807) is 0 Å². The number of ether oxygens (including phenoxy) is 1. The highest BCUT2D eigenvalue weighted by Crippen LogP contribution is 2.28. The quantitative estimate of drug-likeness (QED) is 0.730. The Labute approximate surface area is 126 Å². The maximum atomic E-state index is 12.7. The van der Waals surface area contributed by atoms with E-state index < -0.39 is 30.7 Å². The van der Waals surface area contributed by atoms with Crippen LogP contribution in [0.1, 0.15) is 26.7 Å². The number of sulfone groups is 1. The van der Waals surface area contributed by atoms with Crippen molar-refractivity contribution in [2.24, 2.45) is 5.73 Å². The number of morpholine rings is 1. The van der Waals surface area contributed by atoms with Gasteiger partial charge in [0.25, 0.3) is 0 Å². The Balaban J connectivity index is 2.15. The van der Waals surface area contributed by atoms with Gasteiger partial charge in [0.05, 0.1) is 28.5 Å². The number of sulfonamides is 1. The molecule has 2 fully saturated rings. The van der Waals surface area contributed by atoms with Crippen LogP contribution in [0.4, 0.5) is 0 Å². The maximum absolute atomic E-state index is 12.7. The van der Waals surface area contributed by atoms with E-state index in [9.17, 15) is 16.8 Å². The first kappa shape index (κ1) is 17.1. The van der Waals surface area contributed by atoms with Gasteiger partial charge in [-0.15, -0.1) is 0 Å². The van der Waals surface area contributed by atoms with Crippen LogP contribution < -0.4 is 5.73 Å². The maximum Gasteiger partial charge on any atom is 0.217 e. The minimum Gasteiger partial charge on any atom is -0.368 e. The number of rotatable bonds is 3. The normalized spacial score (nSPS) is 31.1. The summed E-state index contributed by atoms with van der Waals surface area (Å²) in [6.45, 7) is 4.44. The molecule has 2 aliphatic heterocycles. The Kier molecular flexibility index (Phi) is 4.71. The largest absolute Gasteiger partial charge is 0.368 e. The van der Waals surface area contributed by atoms with E-state index in [4.69, 9.17) is 10.5 Å². The highest BCUT2D eigenvalue weighted by molar-refractivity contribution is 7.92. The van der Waals surface area contributed by atoms with Crippen molar-refractivity contribution in [3.05, 3.63) is 0 Å². The summed E-state index contributed by atoms with van der Waals surface area (Å²) in [7, 11) is -6.59. The second-order valence-electron chi connectivity index (χ2n) is 6.42. The Morgan fingerprint density at radius 2 is 1.86 bits per heavy atom. The fraction of sp³-hybridized carbons (Fsp3) is 1.00. The third kappa shape index (κ3) is 3.95. The predicted molar refractivity (Wildman–Crippen MR) is 80.2 cm³/mol. The Hall–Kier alpha value is -0.220. The summed E-state index contributed by atoms with van der Waals surface area (Å²) in [4.78, 5) is 0. The molecule has 9 heteroatoms. The molecule has 0 bridgehead atoms. The minimum atomic E-state index is -3.52. The van der Waals surface area contributed by atoms with Gasteiger partial charge in [-0.1, -0.05) is 0 Å². The summed E-state index contributed by atoms with van der Waals surface area (Å²) >= 11 is 0. The van der Waals surface area contributed by atoms with Gasteiger partial charge >= 0.3 is 0 Å².